The van der Waals surface area contributed by atoms with Crippen LogP contribution in [0.1, 0.15) is 29.2 Å². The Balaban J connectivity index is 1.64. The van der Waals surface area contributed by atoms with E-state index in [2.05, 4.69) is 10.6 Å². The molecule has 2 atom stereocenters. The fourth-order valence-electron chi connectivity index (χ4n) is 3.65. The van der Waals surface area contributed by atoms with Gasteiger partial charge in [-0.3, -0.25) is 19.8 Å². The Bertz CT molecular complexity index is 1140. The van der Waals surface area contributed by atoms with Gasteiger partial charge in [-0.2, -0.15) is 0 Å². The number of hydrogen-bond acceptors (Lipinski definition) is 5. The first-order valence-electron chi connectivity index (χ1n) is 11.0. The molecule has 0 fully saturated rings. The number of thiophene rings is 1. The molecule has 2 aromatic rings. The van der Waals surface area contributed by atoms with E-state index in [4.69, 9.17) is 34.3 Å². The minimum absolute atomic E-state index is 0.0262. The van der Waals surface area contributed by atoms with E-state index in [9.17, 15) is 14.4 Å². The molecule has 1 unspecified atom stereocenters. The predicted molar refractivity (Wildman–Crippen MR) is 139 cm³/mol. The molecule has 0 radical (unpaired) electrons. The van der Waals surface area contributed by atoms with Crippen LogP contribution in [0.2, 0.25) is 10.0 Å². The van der Waals surface area contributed by atoms with Crippen molar-refractivity contribution in [3.05, 3.63) is 67.8 Å². The van der Waals surface area contributed by atoms with Crippen molar-refractivity contribution >= 4 is 58.1 Å². The number of nitrogen functional groups attached to an aromatic ring is 1. The Hall–Kier alpha value is -2.88. The number of carbonyl (C=O) groups is 3. The zero-order valence-corrected chi connectivity index (χ0v) is 21.6. The van der Waals surface area contributed by atoms with E-state index in [1.165, 1.54) is 16.2 Å². The van der Waals surface area contributed by atoms with E-state index >= 15 is 0 Å². The molecular weight excluding hydrogens is 509 g/mol. The summed E-state index contributed by atoms with van der Waals surface area (Å²) in [5.41, 5.74) is 5.98. The highest BCUT2D eigenvalue weighted by atomic mass is 35.5. The van der Waals surface area contributed by atoms with Gasteiger partial charge in [0.05, 0.1) is 17.8 Å². The summed E-state index contributed by atoms with van der Waals surface area (Å²) in [6.45, 7) is 4.17. The fraction of sp³-hybridized carbons (Fsp3) is 0.333. The molecule has 1 aliphatic rings. The van der Waals surface area contributed by atoms with Crippen molar-refractivity contribution < 1.29 is 14.4 Å². The Labute approximate surface area is 218 Å². The van der Waals surface area contributed by atoms with Gasteiger partial charge in [0.2, 0.25) is 17.7 Å². The first-order chi connectivity index (χ1) is 16.6. The van der Waals surface area contributed by atoms with Crippen molar-refractivity contribution in [3.8, 4) is 0 Å². The molecule has 1 aromatic carbocycles. The zero-order chi connectivity index (χ0) is 25.7. The Morgan fingerprint density at radius 1 is 1.20 bits per heavy atom. The molecule has 0 saturated carbocycles. The van der Waals surface area contributed by atoms with Crippen molar-refractivity contribution in [2.24, 2.45) is 11.7 Å². The standard InChI is InChI=1S/C24H27Cl2N5O3S/c1-13(2)21(30-20(32)11-15-16(25)5-3-6-17(15)26)24(34)31-10-4-7-18(31)23(33)29-12-14-8-9-19(35-14)22(27)28/h3-9,13,18,21H,10-12H2,1-2H3,(H3,27,28)(H,29,33)(H,30,32)/t18?,21-/m1/s1. The summed E-state index contributed by atoms with van der Waals surface area (Å²) in [4.78, 5) is 41.9. The molecule has 0 bridgehead atoms. The van der Waals surface area contributed by atoms with Crippen LogP contribution in [0.5, 0.6) is 0 Å². The van der Waals surface area contributed by atoms with Gasteiger partial charge in [0.1, 0.15) is 17.9 Å². The van der Waals surface area contributed by atoms with Crippen molar-refractivity contribution in [1.82, 2.24) is 15.5 Å². The van der Waals surface area contributed by atoms with Crippen LogP contribution in [0.4, 0.5) is 0 Å². The zero-order valence-electron chi connectivity index (χ0n) is 19.3. The second kappa shape index (κ2) is 11.7. The lowest BCUT2D eigenvalue weighted by molar-refractivity contribution is -0.141. The van der Waals surface area contributed by atoms with Gasteiger partial charge < -0.3 is 21.3 Å². The number of nitrogens with zero attached hydrogens (tertiary/aromatic N) is 1. The molecule has 2 heterocycles. The van der Waals surface area contributed by atoms with Crippen LogP contribution in [0.25, 0.3) is 0 Å². The minimum Gasteiger partial charge on any atom is -0.383 e. The van der Waals surface area contributed by atoms with Crippen LogP contribution in [-0.4, -0.2) is 47.1 Å². The van der Waals surface area contributed by atoms with E-state index < -0.39 is 12.1 Å². The highest BCUT2D eigenvalue weighted by Gasteiger charge is 2.36. The average molecular weight is 536 g/mol. The quantitative estimate of drug-likeness (QED) is 0.223. The summed E-state index contributed by atoms with van der Waals surface area (Å²) >= 11 is 13.7. The fourth-order valence-corrected chi connectivity index (χ4v) is 4.99. The second-order valence-corrected chi connectivity index (χ2v) is 10.4. The Morgan fingerprint density at radius 3 is 2.49 bits per heavy atom. The topological polar surface area (TPSA) is 128 Å². The van der Waals surface area contributed by atoms with Crippen LogP contribution in [0, 0.1) is 11.3 Å². The summed E-state index contributed by atoms with van der Waals surface area (Å²) in [5, 5.41) is 13.9. The summed E-state index contributed by atoms with van der Waals surface area (Å²) in [7, 11) is 0. The highest BCUT2D eigenvalue weighted by Crippen LogP contribution is 2.25. The smallest absolute Gasteiger partial charge is 0.247 e. The molecule has 3 amide bonds. The highest BCUT2D eigenvalue weighted by molar-refractivity contribution is 7.14. The summed E-state index contributed by atoms with van der Waals surface area (Å²) in [6.07, 6.45) is 3.36. The third-order valence-electron chi connectivity index (χ3n) is 5.52. The number of hydrogen-bond donors (Lipinski definition) is 4. The number of amides is 3. The van der Waals surface area contributed by atoms with Gasteiger partial charge in [-0.15, -0.1) is 11.3 Å². The van der Waals surface area contributed by atoms with Gasteiger partial charge in [0, 0.05) is 21.5 Å². The summed E-state index contributed by atoms with van der Waals surface area (Å²) in [6, 6.07) is 6.91. The van der Waals surface area contributed by atoms with Crippen molar-refractivity contribution in [3.63, 3.8) is 0 Å². The molecular formula is C24H27Cl2N5O3S. The Morgan fingerprint density at radius 2 is 1.89 bits per heavy atom. The molecule has 11 heteroatoms. The number of benzene rings is 1. The van der Waals surface area contributed by atoms with E-state index in [1.807, 2.05) is 13.8 Å². The lowest BCUT2D eigenvalue weighted by Gasteiger charge is -2.30. The first-order valence-corrected chi connectivity index (χ1v) is 12.6. The van der Waals surface area contributed by atoms with E-state index in [0.717, 1.165) is 4.88 Å². The Kier molecular flexibility index (Phi) is 8.93. The van der Waals surface area contributed by atoms with E-state index in [0.29, 0.717) is 20.5 Å². The maximum absolute atomic E-state index is 13.4. The van der Waals surface area contributed by atoms with Crippen LogP contribution in [0.3, 0.4) is 0 Å². The minimum atomic E-state index is -0.825. The number of rotatable bonds is 9. The number of nitrogens with one attached hydrogen (secondary N) is 3. The van der Waals surface area contributed by atoms with Crippen LogP contribution >= 0.6 is 34.5 Å². The first kappa shape index (κ1) is 26.7. The maximum atomic E-state index is 13.4. The number of halogens is 2. The molecule has 3 rings (SSSR count). The van der Waals surface area contributed by atoms with Gasteiger partial charge >= 0.3 is 0 Å². The molecule has 1 aliphatic heterocycles. The molecule has 1 aromatic heterocycles. The molecule has 0 spiro atoms. The second-order valence-electron chi connectivity index (χ2n) is 8.43. The van der Waals surface area contributed by atoms with Gasteiger partial charge in [0.15, 0.2) is 0 Å². The third kappa shape index (κ3) is 6.62. The lowest BCUT2D eigenvalue weighted by atomic mass is 10.0. The van der Waals surface area contributed by atoms with E-state index in [1.54, 1.807) is 42.5 Å². The monoisotopic (exact) mass is 535 g/mol. The molecule has 0 aliphatic carbocycles. The molecule has 35 heavy (non-hydrogen) atoms. The van der Waals surface area contributed by atoms with Crippen LogP contribution in [-0.2, 0) is 27.3 Å². The number of carbonyl (C=O) groups excluding carboxylic acids is 3. The number of nitrogens with two attached hydrogens (primary N) is 1. The molecule has 5 N–H and O–H groups in total. The third-order valence-corrected chi connectivity index (χ3v) is 7.35. The van der Waals surface area contributed by atoms with Gasteiger partial charge in [-0.05, 0) is 35.7 Å². The maximum Gasteiger partial charge on any atom is 0.247 e. The lowest BCUT2D eigenvalue weighted by Crippen LogP contribution is -2.55. The van der Waals surface area contributed by atoms with Gasteiger partial charge in [0.25, 0.3) is 0 Å². The van der Waals surface area contributed by atoms with Gasteiger partial charge in [-0.1, -0.05) is 55.3 Å². The normalized spacial score (nSPS) is 15.8. The van der Waals surface area contributed by atoms with Gasteiger partial charge in [-0.25, -0.2) is 0 Å². The van der Waals surface area contributed by atoms with Crippen LogP contribution < -0.4 is 16.4 Å². The summed E-state index contributed by atoms with van der Waals surface area (Å²) < 4.78 is 0. The number of amidine groups is 1. The SMILES string of the molecule is CC(C)[C@@H](NC(=O)Cc1c(Cl)cccc1Cl)C(=O)N1CC=CC1C(=O)NCc1ccc(C(=N)N)s1. The van der Waals surface area contributed by atoms with Crippen molar-refractivity contribution in [2.75, 3.05) is 6.54 Å². The van der Waals surface area contributed by atoms with E-state index in [-0.39, 0.29) is 49.0 Å². The molecule has 0 saturated heterocycles. The molecule has 8 nitrogen and oxygen atoms in total. The average Bonchev–Trinajstić information content (AvgIpc) is 3.48. The molecule has 186 valence electrons. The van der Waals surface area contributed by atoms with Crippen LogP contribution in [0.15, 0.2) is 42.5 Å². The summed E-state index contributed by atoms with van der Waals surface area (Å²) in [5.74, 6) is -1.31. The van der Waals surface area contributed by atoms with Crippen molar-refractivity contribution in [1.29, 1.82) is 5.41 Å². The largest absolute Gasteiger partial charge is 0.383 e. The van der Waals surface area contributed by atoms with Crippen molar-refractivity contribution in [2.45, 2.75) is 38.9 Å². The predicted octanol–water partition coefficient (Wildman–Crippen LogP) is 3.11.